The summed E-state index contributed by atoms with van der Waals surface area (Å²) < 4.78 is 15.6. The Kier molecular flexibility index (Phi) is 6.84. The second-order valence-electron chi connectivity index (χ2n) is 9.40. The zero-order valence-corrected chi connectivity index (χ0v) is 21.1. The molecule has 0 atom stereocenters. The van der Waals surface area contributed by atoms with Gasteiger partial charge in [-0.1, -0.05) is 36.9 Å². The summed E-state index contributed by atoms with van der Waals surface area (Å²) in [5.41, 5.74) is 11.8. The molecule has 0 aliphatic heterocycles. The van der Waals surface area contributed by atoms with Gasteiger partial charge in [0.15, 0.2) is 0 Å². The van der Waals surface area contributed by atoms with Crippen molar-refractivity contribution < 1.29 is 14.3 Å². The number of nitrogens with one attached hydrogen (secondary N) is 1. The smallest absolute Gasteiger partial charge is 0.335 e. The van der Waals surface area contributed by atoms with E-state index < -0.39 is 11.8 Å². The van der Waals surface area contributed by atoms with Crippen LogP contribution in [0.2, 0.25) is 5.02 Å². The molecule has 1 aliphatic carbocycles. The number of nitrogens with two attached hydrogens (primary N) is 1. The first-order valence-corrected chi connectivity index (χ1v) is 12.6. The Hall–Kier alpha value is -3.91. The SMILES string of the molecule is Cc1cc(C(=O)O)ccc1-c1cc2c(NC3CCCCC3)c(C(N)=Nc3cc(F)ccc3Cl)cnn2c1. The van der Waals surface area contributed by atoms with Crippen LogP contribution in [-0.2, 0) is 0 Å². The number of aryl methyl sites for hydroxylation is 1. The minimum atomic E-state index is -0.963. The monoisotopic (exact) mass is 519 g/mol. The van der Waals surface area contributed by atoms with Crippen molar-refractivity contribution in [2.75, 3.05) is 5.32 Å². The van der Waals surface area contributed by atoms with Crippen LogP contribution in [0.5, 0.6) is 0 Å². The first-order chi connectivity index (χ1) is 17.8. The van der Waals surface area contributed by atoms with Crippen molar-refractivity contribution >= 4 is 40.3 Å². The van der Waals surface area contributed by atoms with Crippen LogP contribution in [-0.4, -0.2) is 32.6 Å². The van der Waals surface area contributed by atoms with Crippen molar-refractivity contribution in [2.24, 2.45) is 10.7 Å². The summed E-state index contributed by atoms with van der Waals surface area (Å²) >= 11 is 6.23. The molecule has 190 valence electrons. The quantitative estimate of drug-likeness (QED) is 0.197. The second kappa shape index (κ2) is 10.2. The molecule has 0 amide bonds. The number of hydrogen-bond donors (Lipinski definition) is 3. The highest BCUT2D eigenvalue weighted by Crippen LogP contribution is 2.33. The highest BCUT2D eigenvalue weighted by molar-refractivity contribution is 6.33. The molecule has 4 aromatic rings. The van der Waals surface area contributed by atoms with Gasteiger partial charge in [-0.05, 0) is 61.2 Å². The number of nitrogens with zero attached hydrogens (tertiary/aromatic N) is 3. The van der Waals surface area contributed by atoms with E-state index in [-0.39, 0.29) is 23.1 Å². The van der Waals surface area contributed by atoms with E-state index in [2.05, 4.69) is 15.4 Å². The van der Waals surface area contributed by atoms with E-state index in [9.17, 15) is 14.3 Å². The van der Waals surface area contributed by atoms with Crippen LogP contribution in [0, 0.1) is 12.7 Å². The van der Waals surface area contributed by atoms with Gasteiger partial charge >= 0.3 is 5.97 Å². The molecule has 0 unspecified atom stereocenters. The number of carboxylic acid groups (broad SMARTS) is 1. The van der Waals surface area contributed by atoms with Gasteiger partial charge in [0.2, 0.25) is 0 Å². The van der Waals surface area contributed by atoms with E-state index in [1.54, 1.807) is 22.8 Å². The number of carbonyl (C=O) groups is 1. The number of anilines is 1. The highest BCUT2D eigenvalue weighted by atomic mass is 35.5. The van der Waals surface area contributed by atoms with Gasteiger partial charge in [0.05, 0.1) is 39.2 Å². The molecule has 2 aromatic heterocycles. The van der Waals surface area contributed by atoms with E-state index in [0.29, 0.717) is 10.6 Å². The lowest BCUT2D eigenvalue weighted by Gasteiger charge is -2.25. The van der Waals surface area contributed by atoms with Crippen molar-refractivity contribution in [1.29, 1.82) is 0 Å². The number of carboxylic acids is 1. The van der Waals surface area contributed by atoms with Crippen LogP contribution >= 0.6 is 11.6 Å². The molecule has 2 aromatic carbocycles. The third-order valence-electron chi connectivity index (χ3n) is 6.80. The van der Waals surface area contributed by atoms with E-state index in [0.717, 1.165) is 53.6 Å². The van der Waals surface area contributed by atoms with Crippen LogP contribution in [0.1, 0.15) is 53.6 Å². The fraction of sp³-hybridized carbons (Fsp3) is 0.250. The first-order valence-electron chi connectivity index (χ1n) is 12.2. The van der Waals surface area contributed by atoms with Crippen LogP contribution < -0.4 is 11.1 Å². The second-order valence-corrected chi connectivity index (χ2v) is 9.81. The molecule has 7 nitrogen and oxygen atoms in total. The van der Waals surface area contributed by atoms with Gasteiger partial charge in [0, 0.05) is 23.9 Å². The van der Waals surface area contributed by atoms with Gasteiger partial charge in [-0.25, -0.2) is 18.7 Å². The molecule has 1 aliphatic rings. The number of benzene rings is 2. The lowest BCUT2D eigenvalue weighted by Crippen LogP contribution is -2.25. The predicted molar refractivity (Wildman–Crippen MR) is 145 cm³/mol. The van der Waals surface area contributed by atoms with Crippen LogP contribution in [0.3, 0.4) is 0 Å². The molecule has 0 radical (unpaired) electrons. The molecule has 4 N–H and O–H groups in total. The lowest BCUT2D eigenvalue weighted by molar-refractivity contribution is 0.0697. The van der Waals surface area contributed by atoms with E-state index >= 15 is 0 Å². The number of aromatic nitrogens is 2. The number of rotatable bonds is 6. The first kappa shape index (κ1) is 24.8. The van der Waals surface area contributed by atoms with Gasteiger partial charge in [-0.2, -0.15) is 5.10 Å². The van der Waals surface area contributed by atoms with Gasteiger partial charge < -0.3 is 16.2 Å². The van der Waals surface area contributed by atoms with Crippen molar-refractivity contribution in [3.63, 3.8) is 0 Å². The molecule has 0 spiro atoms. The fourth-order valence-corrected chi connectivity index (χ4v) is 5.04. The zero-order valence-electron chi connectivity index (χ0n) is 20.3. The molecular formula is C28H27ClFN5O2. The van der Waals surface area contributed by atoms with Gasteiger partial charge in [-0.15, -0.1) is 0 Å². The number of hydrogen-bond acceptors (Lipinski definition) is 4. The van der Waals surface area contributed by atoms with E-state index in [1.807, 2.05) is 25.3 Å². The standard InChI is InChI=1S/C28H27ClFN5O2/c1-16-11-17(28(36)37)7-9-21(16)18-12-25-26(33-20-5-3-2-4-6-20)22(14-32-35(25)15-18)27(31)34-24-13-19(30)8-10-23(24)29/h7-15,20,33H,2-6H2,1H3,(H2,31,34)(H,36,37). The number of halogens is 2. The molecule has 1 fully saturated rings. The maximum absolute atomic E-state index is 13.8. The molecule has 2 heterocycles. The minimum Gasteiger partial charge on any atom is -0.478 e. The third-order valence-corrected chi connectivity index (χ3v) is 7.12. The average Bonchev–Trinajstić information content (AvgIpc) is 3.31. The molecule has 5 rings (SSSR count). The number of aliphatic imine (C=N–C) groups is 1. The lowest BCUT2D eigenvalue weighted by atomic mass is 9.95. The Labute approximate surface area is 218 Å². The summed E-state index contributed by atoms with van der Waals surface area (Å²) in [5, 5.41) is 17.9. The largest absolute Gasteiger partial charge is 0.478 e. The Morgan fingerprint density at radius 2 is 1.97 bits per heavy atom. The summed E-state index contributed by atoms with van der Waals surface area (Å²) in [6.07, 6.45) is 9.17. The topological polar surface area (TPSA) is 105 Å². The molecular weight excluding hydrogens is 493 g/mol. The Balaban J connectivity index is 1.63. The summed E-state index contributed by atoms with van der Waals surface area (Å²) in [6.45, 7) is 1.89. The number of fused-ring (bicyclic) bond motifs is 1. The van der Waals surface area contributed by atoms with Crippen molar-refractivity contribution in [3.05, 3.63) is 82.4 Å². The van der Waals surface area contributed by atoms with E-state index in [1.165, 1.54) is 24.6 Å². The van der Waals surface area contributed by atoms with Crippen molar-refractivity contribution in [1.82, 2.24) is 9.61 Å². The maximum atomic E-state index is 13.8. The summed E-state index contributed by atoms with van der Waals surface area (Å²) in [7, 11) is 0. The van der Waals surface area contributed by atoms with Gasteiger partial charge in [0.1, 0.15) is 11.7 Å². The van der Waals surface area contributed by atoms with E-state index in [4.69, 9.17) is 17.3 Å². The Morgan fingerprint density at radius 3 is 2.70 bits per heavy atom. The molecule has 37 heavy (non-hydrogen) atoms. The Morgan fingerprint density at radius 1 is 1.19 bits per heavy atom. The van der Waals surface area contributed by atoms with Gasteiger partial charge in [-0.3, -0.25) is 0 Å². The van der Waals surface area contributed by atoms with Gasteiger partial charge in [0.25, 0.3) is 0 Å². The van der Waals surface area contributed by atoms with Crippen molar-refractivity contribution in [2.45, 2.75) is 45.1 Å². The number of amidine groups is 1. The molecule has 1 saturated carbocycles. The normalized spacial score (nSPS) is 14.7. The zero-order chi connectivity index (χ0) is 26.1. The predicted octanol–water partition coefficient (Wildman–Crippen LogP) is 6.58. The Bertz CT molecular complexity index is 1520. The maximum Gasteiger partial charge on any atom is 0.335 e. The molecule has 0 bridgehead atoms. The summed E-state index contributed by atoms with van der Waals surface area (Å²) in [5.74, 6) is -1.24. The van der Waals surface area contributed by atoms with Crippen LogP contribution in [0.25, 0.3) is 16.6 Å². The van der Waals surface area contributed by atoms with Crippen LogP contribution in [0.15, 0.2) is 59.9 Å². The van der Waals surface area contributed by atoms with Crippen molar-refractivity contribution in [3.8, 4) is 11.1 Å². The average molecular weight is 520 g/mol. The number of aromatic carboxylic acids is 1. The summed E-state index contributed by atoms with van der Waals surface area (Å²) in [4.78, 5) is 15.8. The minimum absolute atomic E-state index is 0.172. The molecule has 9 heteroatoms. The summed E-state index contributed by atoms with van der Waals surface area (Å²) in [6, 6.07) is 11.3. The fourth-order valence-electron chi connectivity index (χ4n) is 4.88. The van der Waals surface area contributed by atoms with Crippen LogP contribution in [0.4, 0.5) is 15.8 Å². The highest BCUT2D eigenvalue weighted by Gasteiger charge is 2.20. The third kappa shape index (κ3) is 5.15. The molecule has 0 saturated heterocycles.